The van der Waals surface area contributed by atoms with E-state index in [-0.39, 0.29) is 22.3 Å². The Morgan fingerprint density at radius 2 is 1.90 bits per heavy atom. The van der Waals surface area contributed by atoms with Gasteiger partial charge in [-0.25, -0.2) is 0 Å². The first-order chi connectivity index (χ1) is 9.12. The van der Waals surface area contributed by atoms with Crippen LogP contribution in [-0.2, 0) is 0 Å². The van der Waals surface area contributed by atoms with Gasteiger partial charge in [0.1, 0.15) is 0 Å². The third-order valence-corrected chi connectivity index (χ3v) is 3.14. The van der Waals surface area contributed by atoms with Gasteiger partial charge in [-0.3, -0.25) is 10.1 Å². The molecule has 0 aromatic heterocycles. The summed E-state index contributed by atoms with van der Waals surface area (Å²) in [7, 11) is 3.70. The van der Waals surface area contributed by atoms with Gasteiger partial charge >= 0.3 is 0 Å². The number of likely N-dealkylation sites (N-methyl/N-ethyl adjacent to an activating group) is 1. The van der Waals surface area contributed by atoms with Gasteiger partial charge in [0.25, 0.3) is 5.69 Å². The molecule has 1 aromatic rings. The minimum atomic E-state index is -0.988. The highest BCUT2D eigenvalue weighted by Gasteiger charge is 2.23. The zero-order valence-corrected chi connectivity index (χ0v) is 13.0. The van der Waals surface area contributed by atoms with E-state index in [9.17, 15) is 15.2 Å². The highest BCUT2D eigenvalue weighted by atomic mass is 35.5. The fraction of sp³-hybridized carbons (Fsp3) is 0.500. The number of halogens is 2. The average molecular weight is 322 g/mol. The number of nitro groups is 1. The maximum Gasteiger partial charge on any atom is 0.272 e. The quantitative estimate of drug-likeness (QED) is 0.622. The number of nitro benzene ring substituents is 1. The summed E-state index contributed by atoms with van der Waals surface area (Å²) in [6, 6.07) is 2.44. The molecular formula is C12H17Cl2N3O3. The third kappa shape index (κ3) is 4.79. The van der Waals surface area contributed by atoms with Crippen molar-refractivity contribution in [2.75, 3.05) is 32.5 Å². The van der Waals surface area contributed by atoms with Gasteiger partial charge in [0, 0.05) is 25.2 Å². The van der Waals surface area contributed by atoms with Gasteiger partial charge in [-0.1, -0.05) is 23.2 Å². The van der Waals surface area contributed by atoms with Crippen molar-refractivity contribution in [3.63, 3.8) is 0 Å². The van der Waals surface area contributed by atoms with Gasteiger partial charge in [0.15, 0.2) is 0 Å². The predicted molar refractivity (Wildman–Crippen MR) is 80.8 cm³/mol. The van der Waals surface area contributed by atoms with E-state index in [4.69, 9.17) is 23.2 Å². The molecule has 0 heterocycles. The summed E-state index contributed by atoms with van der Waals surface area (Å²) in [4.78, 5) is 12.0. The van der Waals surface area contributed by atoms with Crippen LogP contribution in [0.15, 0.2) is 12.1 Å². The Kier molecular flexibility index (Phi) is 5.59. The van der Waals surface area contributed by atoms with E-state index >= 15 is 0 Å². The second-order valence-corrected chi connectivity index (χ2v) is 5.94. The van der Waals surface area contributed by atoms with Crippen LogP contribution in [-0.4, -0.2) is 47.7 Å². The van der Waals surface area contributed by atoms with E-state index in [1.54, 1.807) is 6.92 Å². The van der Waals surface area contributed by atoms with Crippen LogP contribution in [0.2, 0.25) is 10.0 Å². The van der Waals surface area contributed by atoms with Crippen LogP contribution in [0.3, 0.4) is 0 Å². The first kappa shape index (κ1) is 17.0. The number of aliphatic hydroxyl groups is 1. The van der Waals surface area contributed by atoms with Crippen molar-refractivity contribution in [3.8, 4) is 0 Å². The average Bonchev–Trinajstić information content (AvgIpc) is 2.25. The number of anilines is 1. The molecule has 0 aliphatic rings. The highest BCUT2D eigenvalue weighted by Crippen LogP contribution is 2.34. The lowest BCUT2D eigenvalue weighted by Crippen LogP contribution is -2.43. The van der Waals surface area contributed by atoms with Gasteiger partial charge in [-0.05, 0) is 21.0 Å². The van der Waals surface area contributed by atoms with Crippen molar-refractivity contribution in [2.45, 2.75) is 12.5 Å². The molecule has 0 fully saturated rings. The van der Waals surface area contributed by atoms with Gasteiger partial charge < -0.3 is 15.3 Å². The van der Waals surface area contributed by atoms with Crippen LogP contribution in [0, 0.1) is 10.1 Å². The molecular weight excluding hydrogens is 305 g/mol. The van der Waals surface area contributed by atoms with Gasteiger partial charge in [0.05, 0.1) is 26.3 Å². The van der Waals surface area contributed by atoms with Crippen molar-refractivity contribution in [2.24, 2.45) is 0 Å². The van der Waals surface area contributed by atoms with E-state index in [1.165, 1.54) is 12.1 Å². The molecule has 0 aliphatic carbocycles. The Morgan fingerprint density at radius 1 is 1.40 bits per heavy atom. The number of non-ortho nitro benzene ring substituents is 1. The normalized spacial score (nSPS) is 14.2. The van der Waals surface area contributed by atoms with Gasteiger partial charge in [-0.15, -0.1) is 0 Å². The molecule has 0 bridgehead atoms. The SMILES string of the molecule is CN(C)CC(C)(O)CNc1c(Cl)cc([N+](=O)[O-])cc1Cl. The number of hydrogen-bond donors (Lipinski definition) is 2. The number of nitrogens with one attached hydrogen (secondary N) is 1. The zero-order valence-electron chi connectivity index (χ0n) is 11.5. The van der Waals surface area contributed by atoms with Crippen LogP contribution in [0.4, 0.5) is 11.4 Å². The Labute approximate surface area is 127 Å². The molecule has 1 aromatic carbocycles. The second-order valence-electron chi connectivity index (χ2n) is 5.13. The Morgan fingerprint density at radius 3 is 2.30 bits per heavy atom. The zero-order chi connectivity index (χ0) is 15.5. The van der Waals surface area contributed by atoms with Crippen molar-refractivity contribution >= 4 is 34.6 Å². The largest absolute Gasteiger partial charge is 0.387 e. The molecule has 0 saturated heterocycles. The minimum Gasteiger partial charge on any atom is -0.387 e. The summed E-state index contributed by atoms with van der Waals surface area (Å²) in [6.07, 6.45) is 0. The summed E-state index contributed by atoms with van der Waals surface area (Å²) in [5, 5.41) is 24.1. The number of rotatable bonds is 6. The molecule has 0 spiro atoms. The van der Waals surface area contributed by atoms with E-state index < -0.39 is 10.5 Å². The molecule has 0 aliphatic heterocycles. The minimum absolute atomic E-state index is 0.143. The molecule has 1 rings (SSSR count). The molecule has 6 nitrogen and oxygen atoms in total. The number of nitrogens with zero attached hydrogens (tertiary/aromatic N) is 2. The predicted octanol–water partition coefficient (Wildman–Crippen LogP) is 2.63. The van der Waals surface area contributed by atoms with E-state index in [1.807, 2.05) is 19.0 Å². The molecule has 20 heavy (non-hydrogen) atoms. The van der Waals surface area contributed by atoms with Crippen molar-refractivity contribution in [1.29, 1.82) is 0 Å². The number of hydrogen-bond acceptors (Lipinski definition) is 5. The maximum absolute atomic E-state index is 10.7. The van der Waals surface area contributed by atoms with Crippen LogP contribution in [0.1, 0.15) is 6.92 Å². The number of benzene rings is 1. The summed E-state index contributed by atoms with van der Waals surface area (Å²) in [5.41, 5.74) is -0.790. The van der Waals surface area contributed by atoms with E-state index in [2.05, 4.69) is 5.32 Å². The smallest absolute Gasteiger partial charge is 0.272 e. The van der Waals surface area contributed by atoms with Crippen LogP contribution in [0.5, 0.6) is 0 Å². The van der Waals surface area contributed by atoms with Crippen molar-refractivity contribution in [1.82, 2.24) is 4.90 Å². The molecule has 0 saturated carbocycles. The molecule has 0 radical (unpaired) electrons. The van der Waals surface area contributed by atoms with Crippen LogP contribution < -0.4 is 5.32 Å². The molecule has 1 unspecified atom stereocenters. The third-order valence-electron chi connectivity index (χ3n) is 2.54. The van der Waals surface area contributed by atoms with Crippen molar-refractivity contribution < 1.29 is 10.0 Å². The molecule has 0 amide bonds. The standard InChI is InChI=1S/C12H17Cl2N3O3/c1-12(18,7-16(2)3)6-15-11-9(13)4-8(17(19)20)5-10(11)14/h4-5,15,18H,6-7H2,1-3H3. The highest BCUT2D eigenvalue weighted by molar-refractivity contribution is 6.39. The first-order valence-electron chi connectivity index (χ1n) is 5.87. The van der Waals surface area contributed by atoms with Crippen LogP contribution >= 0.6 is 23.2 Å². The van der Waals surface area contributed by atoms with Gasteiger partial charge in [0.2, 0.25) is 0 Å². The lowest BCUT2D eigenvalue weighted by Gasteiger charge is -2.27. The molecule has 112 valence electrons. The van der Waals surface area contributed by atoms with E-state index in [0.717, 1.165) is 0 Å². The summed E-state index contributed by atoms with van der Waals surface area (Å²) in [6.45, 7) is 2.33. The van der Waals surface area contributed by atoms with E-state index in [0.29, 0.717) is 12.2 Å². The topological polar surface area (TPSA) is 78.6 Å². The summed E-state index contributed by atoms with van der Waals surface area (Å²) in [5.74, 6) is 0. The first-order valence-corrected chi connectivity index (χ1v) is 6.62. The summed E-state index contributed by atoms with van der Waals surface area (Å²) >= 11 is 11.9. The summed E-state index contributed by atoms with van der Waals surface area (Å²) < 4.78 is 0. The Hall–Kier alpha value is -1.08. The Balaban J connectivity index is 2.86. The van der Waals surface area contributed by atoms with Gasteiger partial charge in [-0.2, -0.15) is 0 Å². The fourth-order valence-corrected chi connectivity index (χ4v) is 2.46. The van der Waals surface area contributed by atoms with Crippen LogP contribution in [0.25, 0.3) is 0 Å². The molecule has 1 atom stereocenters. The molecule has 2 N–H and O–H groups in total. The monoisotopic (exact) mass is 321 g/mol. The lowest BCUT2D eigenvalue weighted by molar-refractivity contribution is -0.384. The van der Waals surface area contributed by atoms with Crippen molar-refractivity contribution in [3.05, 3.63) is 32.3 Å². The lowest BCUT2D eigenvalue weighted by atomic mass is 10.1. The maximum atomic E-state index is 10.7. The fourth-order valence-electron chi connectivity index (χ4n) is 1.85. The molecule has 8 heteroatoms. The Bertz CT molecular complexity index is 484. The second kappa shape index (κ2) is 6.58.